The first-order chi connectivity index (χ1) is 10.1. The molecule has 1 heterocycles. The van der Waals surface area contributed by atoms with Crippen LogP contribution >= 0.6 is 0 Å². The van der Waals surface area contributed by atoms with E-state index in [4.69, 9.17) is 4.74 Å². The second kappa shape index (κ2) is 5.60. The van der Waals surface area contributed by atoms with Crippen LogP contribution in [-0.4, -0.2) is 12.5 Å². The molecule has 0 fully saturated rings. The predicted octanol–water partition coefficient (Wildman–Crippen LogP) is 3.81. The Labute approximate surface area is 124 Å². The summed E-state index contributed by atoms with van der Waals surface area (Å²) >= 11 is 0. The quantitative estimate of drug-likeness (QED) is 0.909. The number of hydrogen-bond acceptors (Lipinski definition) is 2. The summed E-state index contributed by atoms with van der Waals surface area (Å²) in [5.41, 5.74) is 4.14. The highest BCUT2D eigenvalue weighted by Gasteiger charge is 2.27. The minimum Gasteiger partial charge on any atom is -0.493 e. The van der Waals surface area contributed by atoms with Crippen LogP contribution in [0.2, 0.25) is 0 Å². The van der Waals surface area contributed by atoms with Crippen LogP contribution in [-0.2, 0) is 4.79 Å². The van der Waals surface area contributed by atoms with Gasteiger partial charge in [0.1, 0.15) is 5.75 Å². The number of nitrogens with one attached hydrogen (secondary N) is 1. The third-order valence-corrected chi connectivity index (χ3v) is 3.91. The number of benzene rings is 2. The standard InChI is InChI=1S/C18H19NO2/c1-12-7-8-16(13(2)11-12)19-18(20)15-9-10-21-17-6-4-3-5-14(15)17/h3-8,11,15H,9-10H2,1-2H3,(H,19,20). The lowest BCUT2D eigenvalue weighted by molar-refractivity contribution is -0.118. The molecular weight excluding hydrogens is 262 g/mol. The highest BCUT2D eigenvalue weighted by Crippen LogP contribution is 2.34. The molecule has 3 heteroatoms. The number of fused-ring (bicyclic) bond motifs is 1. The lowest BCUT2D eigenvalue weighted by atomic mass is 9.92. The van der Waals surface area contributed by atoms with Gasteiger partial charge in [0.15, 0.2) is 0 Å². The third kappa shape index (κ3) is 2.77. The van der Waals surface area contributed by atoms with Crippen LogP contribution < -0.4 is 10.1 Å². The molecule has 2 aromatic carbocycles. The maximum absolute atomic E-state index is 12.6. The molecule has 108 valence electrons. The third-order valence-electron chi connectivity index (χ3n) is 3.91. The SMILES string of the molecule is Cc1ccc(NC(=O)C2CCOc3ccccc32)c(C)c1. The summed E-state index contributed by atoms with van der Waals surface area (Å²) in [6.45, 7) is 4.65. The Balaban J connectivity index is 1.83. The van der Waals surface area contributed by atoms with Gasteiger partial charge in [-0.2, -0.15) is 0 Å². The van der Waals surface area contributed by atoms with Crippen molar-refractivity contribution in [3.05, 3.63) is 59.2 Å². The highest BCUT2D eigenvalue weighted by molar-refractivity contribution is 5.97. The zero-order valence-corrected chi connectivity index (χ0v) is 12.3. The van der Waals surface area contributed by atoms with Gasteiger partial charge in [-0.1, -0.05) is 35.9 Å². The molecule has 1 unspecified atom stereocenters. The lowest BCUT2D eigenvalue weighted by Gasteiger charge is -2.25. The van der Waals surface area contributed by atoms with Crippen LogP contribution in [0.3, 0.4) is 0 Å². The summed E-state index contributed by atoms with van der Waals surface area (Å²) < 4.78 is 5.61. The predicted molar refractivity (Wildman–Crippen MR) is 83.8 cm³/mol. The Morgan fingerprint density at radius 1 is 1.19 bits per heavy atom. The number of aryl methyl sites for hydroxylation is 2. The van der Waals surface area contributed by atoms with Crippen molar-refractivity contribution in [1.82, 2.24) is 0 Å². The zero-order chi connectivity index (χ0) is 14.8. The number of ether oxygens (including phenoxy) is 1. The van der Waals surface area contributed by atoms with Gasteiger partial charge >= 0.3 is 0 Å². The minimum absolute atomic E-state index is 0.0395. The minimum atomic E-state index is -0.143. The van der Waals surface area contributed by atoms with Gasteiger partial charge in [0.05, 0.1) is 12.5 Å². The van der Waals surface area contributed by atoms with E-state index in [1.165, 1.54) is 5.56 Å². The molecule has 0 radical (unpaired) electrons. The Morgan fingerprint density at radius 2 is 2.00 bits per heavy atom. The summed E-state index contributed by atoms with van der Waals surface area (Å²) in [6, 6.07) is 13.8. The van der Waals surface area contributed by atoms with Gasteiger partial charge in [-0.15, -0.1) is 0 Å². The van der Waals surface area contributed by atoms with Gasteiger partial charge in [-0.3, -0.25) is 4.79 Å². The van der Waals surface area contributed by atoms with Crippen LogP contribution in [0.1, 0.15) is 29.0 Å². The molecule has 1 amide bonds. The van der Waals surface area contributed by atoms with Crippen molar-refractivity contribution in [1.29, 1.82) is 0 Å². The molecule has 1 aliphatic heterocycles. The lowest BCUT2D eigenvalue weighted by Crippen LogP contribution is -2.26. The first-order valence-electron chi connectivity index (χ1n) is 7.25. The summed E-state index contributed by atoms with van der Waals surface area (Å²) in [5.74, 6) is 0.720. The molecule has 3 nitrogen and oxygen atoms in total. The largest absolute Gasteiger partial charge is 0.493 e. The average Bonchev–Trinajstić information content (AvgIpc) is 2.49. The van der Waals surface area contributed by atoms with Gasteiger partial charge in [-0.05, 0) is 38.0 Å². The molecule has 1 aliphatic rings. The summed E-state index contributed by atoms with van der Waals surface area (Å²) in [4.78, 5) is 12.6. The fourth-order valence-corrected chi connectivity index (χ4v) is 2.79. The van der Waals surface area contributed by atoms with Crippen molar-refractivity contribution < 1.29 is 9.53 Å². The number of amides is 1. The molecule has 0 saturated carbocycles. The van der Waals surface area contributed by atoms with Crippen molar-refractivity contribution in [2.45, 2.75) is 26.2 Å². The zero-order valence-electron chi connectivity index (χ0n) is 12.3. The van der Waals surface area contributed by atoms with E-state index in [9.17, 15) is 4.79 Å². The second-order valence-corrected chi connectivity index (χ2v) is 5.54. The van der Waals surface area contributed by atoms with Crippen LogP contribution in [0.5, 0.6) is 5.75 Å². The number of anilines is 1. The summed E-state index contributed by atoms with van der Waals surface area (Å²) in [5, 5.41) is 3.05. The van der Waals surface area contributed by atoms with Crippen LogP contribution in [0, 0.1) is 13.8 Å². The Kier molecular flexibility index (Phi) is 3.65. The molecule has 0 saturated heterocycles. The van der Waals surface area contributed by atoms with E-state index >= 15 is 0 Å². The van der Waals surface area contributed by atoms with E-state index in [2.05, 4.69) is 11.4 Å². The van der Waals surface area contributed by atoms with E-state index in [0.717, 1.165) is 22.6 Å². The summed E-state index contributed by atoms with van der Waals surface area (Å²) in [7, 11) is 0. The monoisotopic (exact) mass is 281 g/mol. The maximum atomic E-state index is 12.6. The fraction of sp³-hybridized carbons (Fsp3) is 0.278. The van der Waals surface area contributed by atoms with E-state index in [1.54, 1.807) is 0 Å². The van der Waals surface area contributed by atoms with Crippen molar-refractivity contribution >= 4 is 11.6 Å². The van der Waals surface area contributed by atoms with Crippen LogP contribution in [0.15, 0.2) is 42.5 Å². The molecule has 0 aromatic heterocycles. The molecular formula is C18H19NO2. The van der Waals surface area contributed by atoms with Gasteiger partial charge in [0.25, 0.3) is 0 Å². The Bertz CT molecular complexity index is 679. The van der Waals surface area contributed by atoms with Crippen LogP contribution in [0.25, 0.3) is 0 Å². The Morgan fingerprint density at radius 3 is 2.81 bits per heavy atom. The molecule has 2 aromatic rings. The van der Waals surface area contributed by atoms with Crippen LogP contribution in [0.4, 0.5) is 5.69 Å². The fourth-order valence-electron chi connectivity index (χ4n) is 2.79. The van der Waals surface area contributed by atoms with Gasteiger partial charge < -0.3 is 10.1 Å². The number of para-hydroxylation sites is 1. The van der Waals surface area contributed by atoms with Crippen molar-refractivity contribution in [3.8, 4) is 5.75 Å². The van der Waals surface area contributed by atoms with Crippen molar-refractivity contribution in [3.63, 3.8) is 0 Å². The molecule has 3 rings (SSSR count). The molecule has 0 aliphatic carbocycles. The smallest absolute Gasteiger partial charge is 0.232 e. The van der Waals surface area contributed by atoms with E-state index in [1.807, 2.05) is 50.2 Å². The number of rotatable bonds is 2. The first kappa shape index (κ1) is 13.7. The maximum Gasteiger partial charge on any atom is 0.232 e. The highest BCUT2D eigenvalue weighted by atomic mass is 16.5. The normalized spacial score (nSPS) is 16.8. The Hall–Kier alpha value is -2.29. The number of hydrogen-bond donors (Lipinski definition) is 1. The molecule has 0 spiro atoms. The van der Waals surface area contributed by atoms with E-state index < -0.39 is 0 Å². The number of carbonyl (C=O) groups is 1. The second-order valence-electron chi connectivity index (χ2n) is 5.54. The van der Waals surface area contributed by atoms with Gasteiger partial charge in [-0.25, -0.2) is 0 Å². The topological polar surface area (TPSA) is 38.3 Å². The molecule has 21 heavy (non-hydrogen) atoms. The molecule has 0 bridgehead atoms. The van der Waals surface area contributed by atoms with Crippen molar-refractivity contribution in [2.24, 2.45) is 0 Å². The number of carbonyl (C=O) groups excluding carboxylic acids is 1. The van der Waals surface area contributed by atoms with Gasteiger partial charge in [0.2, 0.25) is 5.91 Å². The molecule has 1 N–H and O–H groups in total. The van der Waals surface area contributed by atoms with Crippen molar-refractivity contribution in [2.75, 3.05) is 11.9 Å². The van der Waals surface area contributed by atoms with E-state index in [0.29, 0.717) is 13.0 Å². The summed E-state index contributed by atoms with van der Waals surface area (Å²) in [6.07, 6.45) is 0.716. The average molecular weight is 281 g/mol. The van der Waals surface area contributed by atoms with Gasteiger partial charge in [0, 0.05) is 11.3 Å². The first-order valence-corrected chi connectivity index (χ1v) is 7.25. The molecule has 1 atom stereocenters. The van der Waals surface area contributed by atoms with E-state index in [-0.39, 0.29) is 11.8 Å².